The van der Waals surface area contributed by atoms with Gasteiger partial charge in [0.2, 0.25) is 0 Å². The fourth-order valence-corrected chi connectivity index (χ4v) is 9.86. The maximum atomic E-state index is 11.8. The second kappa shape index (κ2) is 20.5. The molecule has 9 aromatic rings. The van der Waals surface area contributed by atoms with Gasteiger partial charge in [0.05, 0.1) is 6.10 Å². The molecule has 372 valence electrons. The SMILES string of the molecule is Oc1ccc(Cc2cc3c(Cc4cccc(OOc5cccc(Cc6c(CC7=CCC(O)C=C7)c(O)c(O)c7c(Cc8ccc(O)cc8)c(O)ccc67)c5)c4)c(Cc4ccc(O)cc4)c(O)c(O)c3cc2O)cc1. The second-order valence-corrected chi connectivity index (χ2v) is 18.8. The first-order chi connectivity index (χ1) is 35.7. The number of aliphatic hydroxyl groups is 1. The molecule has 0 heterocycles. The van der Waals surface area contributed by atoms with Crippen molar-refractivity contribution >= 4 is 21.5 Å². The van der Waals surface area contributed by atoms with E-state index in [2.05, 4.69) is 0 Å². The first-order valence-corrected chi connectivity index (χ1v) is 24.1. The molecule has 12 nitrogen and oxygen atoms in total. The summed E-state index contributed by atoms with van der Waals surface area (Å²) in [6.07, 6.45) is 6.69. The molecule has 10 rings (SSSR count). The van der Waals surface area contributed by atoms with Crippen molar-refractivity contribution in [1.82, 2.24) is 0 Å². The summed E-state index contributed by atoms with van der Waals surface area (Å²) in [6, 6.07) is 40.9. The summed E-state index contributed by atoms with van der Waals surface area (Å²) >= 11 is 0. The molecule has 0 bridgehead atoms. The minimum Gasteiger partial charge on any atom is -0.508 e. The van der Waals surface area contributed by atoms with Gasteiger partial charge in [-0.2, -0.15) is 0 Å². The van der Waals surface area contributed by atoms with E-state index in [1.54, 1.807) is 109 Å². The lowest BCUT2D eigenvalue weighted by Gasteiger charge is -2.21. The molecule has 1 unspecified atom stereocenters. The maximum absolute atomic E-state index is 11.8. The van der Waals surface area contributed by atoms with Gasteiger partial charge in [0, 0.05) is 53.1 Å². The lowest BCUT2D eigenvalue weighted by Crippen LogP contribution is -2.07. The molecule has 0 saturated heterocycles. The van der Waals surface area contributed by atoms with E-state index in [1.165, 1.54) is 6.07 Å². The highest BCUT2D eigenvalue weighted by Crippen LogP contribution is 2.48. The average molecular weight is 989 g/mol. The molecule has 9 aromatic carbocycles. The van der Waals surface area contributed by atoms with Gasteiger partial charge in [-0.05, 0) is 159 Å². The van der Waals surface area contributed by atoms with E-state index in [0.717, 1.165) is 33.4 Å². The minimum atomic E-state index is -0.618. The van der Waals surface area contributed by atoms with E-state index < -0.39 is 6.10 Å². The summed E-state index contributed by atoms with van der Waals surface area (Å²) in [5, 5.41) is 111. The second-order valence-electron chi connectivity index (χ2n) is 18.8. The molecule has 0 spiro atoms. The van der Waals surface area contributed by atoms with Gasteiger partial charge in [-0.1, -0.05) is 85.0 Å². The van der Waals surface area contributed by atoms with Crippen LogP contribution in [0.2, 0.25) is 0 Å². The van der Waals surface area contributed by atoms with Crippen LogP contribution in [0.3, 0.4) is 0 Å². The van der Waals surface area contributed by atoms with Crippen molar-refractivity contribution in [1.29, 1.82) is 0 Å². The van der Waals surface area contributed by atoms with Crippen LogP contribution in [0.1, 0.15) is 67.6 Å². The van der Waals surface area contributed by atoms with Gasteiger partial charge in [-0.15, -0.1) is 0 Å². The van der Waals surface area contributed by atoms with Crippen molar-refractivity contribution in [2.75, 3.05) is 0 Å². The molecule has 0 aromatic heterocycles. The zero-order valence-electron chi connectivity index (χ0n) is 39.9. The van der Waals surface area contributed by atoms with Crippen molar-refractivity contribution in [2.24, 2.45) is 0 Å². The third kappa shape index (κ3) is 10.3. The van der Waals surface area contributed by atoms with E-state index in [0.29, 0.717) is 73.9 Å². The number of phenolic OH excluding ortho intramolecular Hbond substituents is 9. The number of rotatable bonds is 15. The lowest BCUT2D eigenvalue weighted by atomic mass is 9.85. The molecule has 0 amide bonds. The maximum Gasteiger partial charge on any atom is 0.178 e. The van der Waals surface area contributed by atoms with Gasteiger partial charge in [-0.25, -0.2) is 0 Å². The highest BCUT2D eigenvalue weighted by molar-refractivity contribution is 5.99. The van der Waals surface area contributed by atoms with E-state index in [1.807, 2.05) is 48.6 Å². The quantitative estimate of drug-likeness (QED) is 0.0263. The summed E-state index contributed by atoms with van der Waals surface area (Å²) in [7, 11) is 0. The smallest absolute Gasteiger partial charge is 0.178 e. The van der Waals surface area contributed by atoms with Gasteiger partial charge in [0.15, 0.2) is 34.5 Å². The van der Waals surface area contributed by atoms with Crippen LogP contribution in [0.4, 0.5) is 0 Å². The summed E-state index contributed by atoms with van der Waals surface area (Å²) in [4.78, 5) is 11.9. The van der Waals surface area contributed by atoms with Gasteiger partial charge >= 0.3 is 0 Å². The topological polar surface area (TPSA) is 221 Å². The molecule has 0 radical (unpaired) electrons. The predicted octanol–water partition coefficient (Wildman–Crippen LogP) is 11.5. The van der Waals surface area contributed by atoms with Crippen molar-refractivity contribution in [2.45, 2.75) is 51.0 Å². The van der Waals surface area contributed by atoms with E-state index in [4.69, 9.17) is 9.78 Å². The predicted molar refractivity (Wildman–Crippen MR) is 282 cm³/mol. The van der Waals surface area contributed by atoms with Crippen molar-refractivity contribution in [3.63, 3.8) is 0 Å². The zero-order valence-corrected chi connectivity index (χ0v) is 39.9. The minimum absolute atomic E-state index is 0.0667. The van der Waals surface area contributed by atoms with Gasteiger partial charge in [0.1, 0.15) is 28.7 Å². The summed E-state index contributed by atoms with van der Waals surface area (Å²) < 4.78 is 0. The van der Waals surface area contributed by atoms with Crippen LogP contribution in [-0.4, -0.2) is 57.2 Å². The number of phenols is 9. The van der Waals surface area contributed by atoms with Crippen LogP contribution in [0.15, 0.2) is 169 Å². The number of fused-ring (bicyclic) bond motifs is 2. The van der Waals surface area contributed by atoms with Gasteiger partial charge in [0.25, 0.3) is 0 Å². The standard InChI is InChI=1S/C62H52O12/c63-42-15-7-35(8-16-42)25-41-33-51-50(53(29-37-11-19-44(65)20-12-37)59(69)60(70)54(51)34-57(41)68)32-40-4-2-6-47(27-40)74-73-46-5-1-3-39(26-46)31-49-48-23-24-56(67)55(30-38-13-21-45(66)22-14-38)58(48)62(72)61(71)52(49)28-36-9-17-43(64)18-10-36/h1-17,19-24,26-27,33-34,43,63-72H,18,25,28-32H2. The lowest BCUT2D eigenvalue weighted by molar-refractivity contribution is -0.1000. The van der Waals surface area contributed by atoms with Crippen molar-refractivity contribution in [3.05, 3.63) is 231 Å². The number of benzene rings is 9. The Bertz CT molecular complexity index is 3640. The molecule has 1 aliphatic rings. The highest BCUT2D eigenvalue weighted by Gasteiger charge is 2.25. The Morgan fingerprint density at radius 2 is 0.892 bits per heavy atom. The molecule has 0 fully saturated rings. The number of allylic oxidation sites excluding steroid dienone is 2. The number of aliphatic hydroxyl groups excluding tert-OH is 1. The Balaban J connectivity index is 0.962. The van der Waals surface area contributed by atoms with Gasteiger partial charge < -0.3 is 51.1 Å². The fourth-order valence-electron chi connectivity index (χ4n) is 9.86. The zero-order chi connectivity index (χ0) is 51.6. The summed E-state index contributed by atoms with van der Waals surface area (Å²) in [6.45, 7) is 0. The fraction of sp³-hybridized carbons (Fsp3) is 0.129. The van der Waals surface area contributed by atoms with Crippen LogP contribution in [-0.2, 0) is 38.5 Å². The van der Waals surface area contributed by atoms with Crippen LogP contribution >= 0.6 is 0 Å². The highest BCUT2D eigenvalue weighted by atomic mass is 17.2. The Kier molecular flexibility index (Phi) is 13.4. The number of aromatic hydroxyl groups is 9. The van der Waals surface area contributed by atoms with Crippen LogP contribution in [0.5, 0.6) is 63.2 Å². The molecular weight excluding hydrogens is 937 g/mol. The number of hydrogen-bond acceptors (Lipinski definition) is 12. The van der Waals surface area contributed by atoms with Gasteiger partial charge in [-0.3, -0.25) is 9.78 Å². The molecule has 74 heavy (non-hydrogen) atoms. The third-order valence-electron chi connectivity index (χ3n) is 13.7. The monoisotopic (exact) mass is 988 g/mol. The Morgan fingerprint density at radius 1 is 0.392 bits per heavy atom. The van der Waals surface area contributed by atoms with Crippen LogP contribution < -0.4 is 9.78 Å². The third-order valence-corrected chi connectivity index (χ3v) is 13.7. The molecule has 1 aliphatic carbocycles. The summed E-state index contributed by atoms with van der Waals surface area (Å²) in [5.41, 5.74) is 8.07. The van der Waals surface area contributed by atoms with E-state index in [9.17, 15) is 51.1 Å². The first-order valence-electron chi connectivity index (χ1n) is 24.1. The first kappa shape index (κ1) is 48.4. The normalized spacial score (nSPS) is 13.3. The molecule has 0 saturated carbocycles. The van der Waals surface area contributed by atoms with Crippen molar-refractivity contribution < 1.29 is 60.8 Å². The largest absolute Gasteiger partial charge is 0.508 e. The summed E-state index contributed by atoms with van der Waals surface area (Å²) in [5.74, 6) is -0.516. The van der Waals surface area contributed by atoms with Crippen LogP contribution in [0.25, 0.3) is 21.5 Å². The van der Waals surface area contributed by atoms with Crippen LogP contribution in [0, 0.1) is 0 Å². The Labute approximate surface area is 425 Å². The molecule has 1 atom stereocenters. The molecular formula is C62H52O12. The van der Waals surface area contributed by atoms with Crippen molar-refractivity contribution in [3.8, 4) is 63.2 Å². The average Bonchev–Trinajstić information content (AvgIpc) is 3.40. The van der Waals surface area contributed by atoms with E-state index in [-0.39, 0.29) is 89.2 Å². The number of hydrogen-bond donors (Lipinski definition) is 10. The molecule has 10 N–H and O–H groups in total. The van der Waals surface area contributed by atoms with E-state index >= 15 is 0 Å². The Hall–Kier alpha value is -9.26. The molecule has 0 aliphatic heterocycles. The Morgan fingerprint density at radius 3 is 1.45 bits per heavy atom. The molecule has 12 heteroatoms.